The van der Waals surface area contributed by atoms with Crippen molar-refractivity contribution in [1.29, 1.82) is 0 Å². The smallest absolute Gasteiger partial charge is 0.172 e. The molecule has 0 saturated heterocycles. The van der Waals surface area contributed by atoms with Crippen molar-refractivity contribution < 1.29 is 4.52 Å². The van der Waals surface area contributed by atoms with Gasteiger partial charge in [-0.2, -0.15) is 0 Å². The first kappa shape index (κ1) is 12.5. The van der Waals surface area contributed by atoms with Crippen LogP contribution in [0.1, 0.15) is 18.9 Å². The molecule has 1 aromatic heterocycles. The lowest BCUT2D eigenvalue weighted by Crippen LogP contribution is -1.92. The molecule has 5 heteroatoms. The third kappa shape index (κ3) is 2.48. The van der Waals surface area contributed by atoms with Crippen molar-refractivity contribution in [3.8, 4) is 11.3 Å². The molecule has 2 N–H and O–H groups in total. The fourth-order valence-electron chi connectivity index (χ4n) is 1.68. The van der Waals surface area contributed by atoms with Gasteiger partial charge in [0.1, 0.15) is 0 Å². The lowest BCUT2D eigenvalue weighted by molar-refractivity contribution is 0.435. The van der Waals surface area contributed by atoms with E-state index in [0.29, 0.717) is 16.6 Å². The molecule has 0 aliphatic rings. The van der Waals surface area contributed by atoms with Crippen molar-refractivity contribution in [2.45, 2.75) is 19.8 Å². The Hall–Kier alpha value is -1.000. The summed E-state index contributed by atoms with van der Waals surface area (Å²) in [5.41, 5.74) is 7.63. The number of rotatable bonds is 3. The van der Waals surface area contributed by atoms with E-state index in [4.69, 9.17) is 21.9 Å². The zero-order valence-electron chi connectivity index (χ0n) is 9.34. The molecule has 2 rings (SSSR count). The van der Waals surface area contributed by atoms with Gasteiger partial charge >= 0.3 is 0 Å². The highest BCUT2D eigenvalue weighted by atomic mass is 79.9. The van der Waals surface area contributed by atoms with Crippen molar-refractivity contribution in [2.75, 3.05) is 5.73 Å². The van der Waals surface area contributed by atoms with E-state index < -0.39 is 0 Å². The van der Waals surface area contributed by atoms with Gasteiger partial charge in [-0.25, -0.2) is 0 Å². The van der Waals surface area contributed by atoms with Crippen LogP contribution < -0.4 is 5.73 Å². The van der Waals surface area contributed by atoms with E-state index in [2.05, 4.69) is 28.0 Å². The number of hydrogen-bond acceptors (Lipinski definition) is 3. The number of nitrogen functional groups attached to an aromatic ring is 1. The Morgan fingerprint density at radius 3 is 2.88 bits per heavy atom. The van der Waals surface area contributed by atoms with E-state index in [1.165, 1.54) is 0 Å². The van der Waals surface area contributed by atoms with Crippen LogP contribution in [0.3, 0.4) is 0 Å². The Balaban J connectivity index is 2.48. The number of hydrogen-bond donors (Lipinski definition) is 1. The summed E-state index contributed by atoms with van der Waals surface area (Å²) in [5.74, 6) is 1.17. The Bertz CT molecular complexity index is 539. The fraction of sp³-hybridized carbons (Fsp3) is 0.250. The molecule has 0 atom stereocenters. The van der Waals surface area contributed by atoms with Gasteiger partial charge in [0.05, 0.1) is 5.02 Å². The summed E-state index contributed by atoms with van der Waals surface area (Å²) >= 11 is 9.41. The van der Waals surface area contributed by atoms with E-state index in [1.54, 1.807) is 0 Å². The maximum absolute atomic E-state index is 6.06. The van der Waals surface area contributed by atoms with Gasteiger partial charge in [0.2, 0.25) is 0 Å². The fourth-order valence-corrected chi connectivity index (χ4v) is 2.10. The number of anilines is 1. The molecule has 90 valence electrons. The molecule has 0 radical (unpaired) electrons. The zero-order valence-corrected chi connectivity index (χ0v) is 11.7. The van der Waals surface area contributed by atoms with Crippen molar-refractivity contribution in [3.63, 3.8) is 0 Å². The number of aromatic nitrogens is 1. The Morgan fingerprint density at radius 2 is 2.24 bits per heavy atom. The summed E-state index contributed by atoms with van der Waals surface area (Å²) < 4.78 is 6.13. The second kappa shape index (κ2) is 5.10. The van der Waals surface area contributed by atoms with E-state index in [-0.39, 0.29) is 0 Å². The summed E-state index contributed by atoms with van der Waals surface area (Å²) in [4.78, 5) is 0. The highest BCUT2D eigenvalue weighted by Gasteiger charge is 2.15. The summed E-state index contributed by atoms with van der Waals surface area (Å²) in [6, 6.07) is 5.64. The molecule has 0 aliphatic heterocycles. The van der Waals surface area contributed by atoms with Crippen LogP contribution in [0, 0.1) is 0 Å². The highest BCUT2D eigenvalue weighted by Crippen LogP contribution is 2.33. The topological polar surface area (TPSA) is 52.0 Å². The van der Waals surface area contributed by atoms with Gasteiger partial charge in [0.15, 0.2) is 11.6 Å². The van der Waals surface area contributed by atoms with Gasteiger partial charge in [-0.1, -0.05) is 30.1 Å². The maximum atomic E-state index is 6.06. The number of halogens is 2. The number of nitrogens with two attached hydrogens (primary N) is 1. The van der Waals surface area contributed by atoms with Crippen LogP contribution in [-0.2, 0) is 6.42 Å². The van der Waals surface area contributed by atoms with Crippen LogP contribution >= 0.6 is 27.5 Å². The van der Waals surface area contributed by atoms with Crippen LogP contribution in [0.25, 0.3) is 11.3 Å². The van der Waals surface area contributed by atoms with Gasteiger partial charge < -0.3 is 10.3 Å². The second-order valence-corrected chi connectivity index (χ2v) is 5.02. The minimum absolute atomic E-state index is 0.459. The molecule has 0 unspecified atom stereocenters. The first-order valence-corrected chi connectivity index (χ1v) is 6.50. The lowest BCUT2D eigenvalue weighted by Gasteiger charge is -2.02. The molecule has 1 aromatic carbocycles. The van der Waals surface area contributed by atoms with Crippen LogP contribution in [0.2, 0.25) is 5.02 Å². The normalized spacial score (nSPS) is 10.8. The second-order valence-electron chi connectivity index (χ2n) is 3.75. The molecule has 0 saturated carbocycles. The molecule has 0 spiro atoms. The van der Waals surface area contributed by atoms with Crippen LogP contribution in [0.4, 0.5) is 5.82 Å². The third-order valence-electron chi connectivity index (χ3n) is 2.50. The summed E-state index contributed by atoms with van der Waals surface area (Å²) in [6.07, 6.45) is 1.83. The van der Waals surface area contributed by atoms with Crippen molar-refractivity contribution in [3.05, 3.63) is 33.3 Å². The molecule has 3 nitrogen and oxygen atoms in total. The van der Waals surface area contributed by atoms with E-state index in [0.717, 1.165) is 28.4 Å². The molecule has 0 bridgehead atoms. The summed E-state index contributed by atoms with van der Waals surface area (Å²) in [6.45, 7) is 2.09. The van der Waals surface area contributed by atoms with Crippen molar-refractivity contribution >= 4 is 33.3 Å². The number of benzene rings is 1. The van der Waals surface area contributed by atoms with Crippen molar-refractivity contribution in [1.82, 2.24) is 5.16 Å². The predicted molar refractivity (Wildman–Crippen MR) is 73.1 cm³/mol. The Kier molecular flexibility index (Phi) is 3.74. The van der Waals surface area contributed by atoms with Gasteiger partial charge in [-0.3, -0.25) is 0 Å². The van der Waals surface area contributed by atoms with Gasteiger partial charge in [-0.05, 0) is 40.5 Å². The minimum atomic E-state index is 0.459. The third-order valence-corrected chi connectivity index (χ3v) is 3.73. The van der Waals surface area contributed by atoms with E-state index in [9.17, 15) is 0 Å². The SMILES string of the molecule is CCCc1c(N)noc1-c1ccc(Br)c(Cl)c1. The summed E-state index contributed by atoms with van der Waals surface area (Å²) in [7, 11) is 0. The first-order valence-electron chi connectivity index (χ1n) is 5.33. The standard InChI is InChI=1S/C12H12BrClN2O/c1-2-3-8-11(17-16-12(8)15)7-4-5-9(13)10(14)6-7/h4-6H,2-3H2,1H3,(H2,15,16). The maximum Gasteiger partial charge on any atom is 0.172 e. The minimum Gasteiger partial charge on any atom is -0.381 e. The lowest BCUT2D eigenvalue weighted by atomic mass is 10.1. The van der Waals surface area contributed by atoms with Crippen LogP contribution in [0.5, 0.6) is 0 Å². The van der Waals surface area contributed by atoms with E-state index in [1.807, 2.05) is 18.2 Å². The van der Waals surface area contributed by atoms with Gasteiger partial charge in [-0.15, -0.1) is 0 Å². The first-order chi connectivity index (χ1) is 8.13. The van der Waals surface area contributed by atoms with Crippen molar-refractivity contribution in [2.24, 2.45) is 0 Å². The number of nitrogens with zero attached hydrogens (tertiary/aromatic N) is 1. The molecule has 17 heavy (non-hydrogen) atoms. The molecular weight excluding hydrogens is 304 g/mol. The van der Waals surface area contributed by atoms with Gasteiger partial charge in [0, 0.05) is 15.6 Å². The predicted octanol–water partition coefficient (Wildman–Crippen LogP) is 4.29. The molecule has 1 heterocycles. The average molecular weight is 316 g/mol. The average Bonchev–Trinajstić information content (AvgIpc) is 2.66. The molecule has 0 fully saturated rings. The molecule has 0 aliphatic carbocycles. The quantitative estimate of drug-likeness (QED) is 0.919. The zero-order chi connectivity index (χ0) is 12.4. The Morgan fingerprint density at radius 1 is 1.47 bits per heavy atom. The monoisotopic (exact) mass is 314 g/mol. The van der Waals surface area contributed by atoms with E-state index >= 15 is 0 Å². The van der Waals surface area contributed by atoms with Crippen LogP contribution in [0.15, 0.2) is 27.2 Å². The molecule has 0 amide bonds. The largest absolute Gasteiger partial charge is 0.381 e. The molecular formula is C12H12BrClN2O. The van der Waals surface area contributed by atoms with Gasteiger partial charge in [0.25, 0.3) is 0 Å². The molecule has 2 aromatic rings. The highest BCUT2D eigenvalue weighted by molar-refractivity contribution is 9.10. The Labute approximate surface area is 113 Å². The van der Waals surface area contributed by atoms with Crippen LogP contribution in [-0.4, -0.2) is 5.16 Å². The summed E-state index contributed by atoms with van der Waals surface area (Å²) in [5, 5.41) is 4.45.